The van der Waals surface area contributed by atoms with E-state index >= 15 is 4.39 Å². The van der Waals surface area contributed by atoms with Gasteiger partial charge in [0.25, 0.3) is 0 Å². The van der Waals surface area contributed by atoms with Gasteiger partial charge in [-0.05, 0) is 32.0 Å². The van der Waals surface area contributed by atoms with Crippen LogP contribution in [0.15, 0.2) is 36.5 Å². The van der Waals surface area contributed by atoms with E-state index in [0.29, 0.717) is 50.4 Å². The smallest absolute Gasteiger partial charge is 0.232 e. The van der Waals surface area contributed by atoms with Crippen LogP contribution in [-0.2, 0) is 21.4 Å². The van der Waals surface area contributed by atoms with Crippen LogP contribution in [0.1, 0.15) is 18.2 Å². The van der Waals surface area contributed by atoms with E-state index in [1.165, 1.54) is 15.5 Å². The SMILES string of the molecule is CCS(=O)(=O)N1CCN(Cc2cccc(NN(C=O)c3ccc(C)nc3)c2F)CC1. The van der Waals surface area contributed by atoms with Crippen LogP contribution in [0.5, 0.6) is 0 Å². The van der Waals surface area contributed by atoms with Crippen LogP contribution in [0.25, 0.3) is 0 Å². The predicted octanol–water partition coefficient (Wildman–Crippen LogP) is 1.99. The Morgan fingerprint density at radius 1 is 1.20 bits per heavy atom. The first-order valence-electron chi connectivity index (χ1n) is 9.75. The fraction of sp³-hybridized carbons (Fsp3) is 0.400. The lowest BCUT2D eigenvalue weighted by molar-refractivity contribution is -0.107. The molecule has 1 aromatic heterocycles. The molecule has 0 radical (unpaired) electrons. The molecule has 10 heteroatoms. The molecule has 2 heterocycles. The first kappa shape index (κ1) is 22.1. The Bertz CT molecular complexity index is 976. The molecule has 1 N–H and O–H groups in total. The van der Waals surface area contributed by atoms with Crippen LogP contribution >= 0.6 is 0 Å². The number of sulfonamides is 1. The van der Waals surface area contributed by atoms with Gasteiger partial charge < -0.3 is 0 Å². The largest absolute Gasteiger partial charge is 0.296 e. The van der Waals surface area contributed by atoms with Crippen LogP contribution in [0.3, 0.4) is 0 Å². The van der Waals surface area contributed by atoms with Gasteiger partial charge in [0.2, 0.25) is 16.4 Å². The fourth-order valence-electron chi connectivity index (χ4n) is 3.26. The van der Waals surface area contributed by atoms with E-state index in [-0.39, 0.29) is 11.4 Å². The molecule has 1 amide bonds. The molecule has 8 nitrogen and oxygen atoms in total. The van der Waals surface area contributed by atoms with Gasteiger partial charge in [-0.1, -0.05) is 12.1 Å². The molecule has 0 bridgehead atoms. The second kappa shape index (κ2) is 9.50. The number of hydrazine groups is 1. The maximum Gasteiger partial charge on any atom is 0.232 e. The van der Waals surface area contributed by atoms with E-state index in [2.05, 4.69) is 10.4 Å². The third-order valence-corrected chi connectivity index (χ3v) is 6.96. The quantitative estimate of drug-likeness (QED) is 0.504. The minimum absolute atomic E-state index is 0.0824. The van der Waals surface area contributed by atoms with E-state index in [4.69, 9.17) is 0 Å². The van der Waals surface area contributed by atoms with E-state index in [9.17, 15) is 13.2 Å². The van der Waals surface area contributed by atoms with Crippen molar-refractivity contribution in [1.29, 1.82) is 0 Å². The topological polar surface area (TPSA) is 85.9 Å². The molecule has 0 saturated carbocycles. The number of pyridine rings is 1. The van der Waals surface area contributed by atoms with E-state index in [0.717, 1.165) is 5.69 Å². The molecule has 30 heavy (non-hydrogen) atoms. The third kappa shape index (κ3) is 5.13. The maximum absolute atomic E-state index is 15.1. The number of hydrogen-bond donors (Lipinski definition) is 1. The molecule has 0 aliphatic carbocycles. The molecule has 2 aromatic rings. The third-order valence-electron chi connectivity index (χ3n) is 5.08. The van der Waals surface area contributed by atoms with Gasteiger partial charge in [-0.25, -0.2) is 17.8 Å². The molecular formula is C20H26FN5O3S. The Morgan fingerprint density at radius 3 is 2.53 bits per heavy atom. The number of amides is 1. The van der Waals surface area contributed by atoms with E-state index in [1.54, 1.807) is 37.3 Å². The van der Waals surface area contributed by atoms with E-state index < -0.39 is 15.8 Å². The molecule has 1 aromatic carbocycles. The summed E-state index contributed by atoms with van der Waals surface area (Å²) in [5.74, 6) is -0.368. The molecule has 162 valence electrons. The van der Waals surface area contributed by atoms with Crippen LogP contribution in [0.2, 0.25) is 0 Å². The lowest BCUT2D eigenvalue weighted by Crippen LogP contribution is -2.48. The molecule has 1 fully saturated rings. The second-order valence-electron chi connectivity index (χ2n) is 7.10. The minimum atomic E-state index is -3.20. The number of piperazine rings is 1. The van der Waals surface area contributed by atoms with Crippen molar-refractivity contribution in [3.05, 3.63) is 53.6 Å². The zero-order valence-electron chi connectivity index (χ0n) is 17.1. The summed E-state index contributed by atoms with van der Waals surface area (Å²) in [6.45, 7) is 5.68. The summed E-state index contributed by atoms with van der Waals surface area (Å²) in [6, 6.07) is 8.44. The Kier molecular flexibility index (Phi) is 7.01. The molecular weight excluding hydrogens is 409 g/mol. The van der Waals surface area contributed by atoms with Gasteiger partial charge in [0.15, 0.2) is 5.82 Å². The standard InChI is InChI=1S/C20H26FN5O3S/c1-3-30(28,29)25-11-9-24(10-12-25)14-17-5-4-6-19(20(17)21)23-26(15-27)18-8-7-16(2)22-13-18/h4-8,13,15,23H,3,9-12,14H2,1-2H3. The number of halogens is 1. The highest BCUT2D eigenvalue weighted by Gasteiger charge is 2.26. The number of nitrogens with one attached hydrogen (secondary N) is 1. The number of aromatic nitrogens is 1. The summed E-state index contributed by atoms with van der Waals surface area (Å²) in [7, 11) is -3.20. The number of aryl methyl sites for hydroxylation is 1. The fourth-order valence-corrected chi connectivity index (χ4v) is 4.35. The van der Waals surface area contributed by atoms with Gasteiger partial charge in [0.05, 0.1) is 23.3 Å². The summed E-state index contributed by atoms with van der Waals surface area (Å²) in [5, 5.41) is 1.17. The number of carbonyl (C=O) groups is 1. The van der Waals surface area contributed by atoms with Crippen molar-refractivity contribution in [3.8, 4) is 0 Å². The van der Waals surface area contributed by atoms with Crippen molar-refractivity contribution in [2.24, 2.45) is 0 Å². The van der Waals surface area contributed by atoms with Gasteiger partial charge in [-0.15, -0.1) is 0 Å². The van der Waals surface area contributed by atoms with Crippen LogP contribution in [-0.4, -0.2) is 60.9 Å². The molecule has 0 spiro atoms. The summed E-state index contributed by atoms with van der Waals surface area (Å²) < 4.78 is 40.5. The molecule has 1 aliphatic rings. The average Bonchev–Trinajstić information content (AvgIpc) is 2.75. The van der Waals surface area contributed by atoms with Crippen molar-refractivity contribution < 1.29 is 17.6 Å². The van der Waals surface area contributed by atoms with Crippen LogP contribution in [0, 0.1) is 12.7 Å². The van der Waals surface area contributed by atoms with Gasteiger partial charge in [-0.2, -0.15) is 4.31 Å². The van der Waals surface area contributed by atoms with Crippen LogP contribution in [0.4, 0.5) is 15.8 Å². The first-order chi connectivity index (χ1) is 14.3. The first-order valence-corrected chi connectivity index (χ1v) is 11.4. The monoisotopic (exact) mass is 435 g/mol. The number of carbonyl (C=O) groups excluding carboxylic acids is 1. The van der Waals surface area contributed by atoms with Crippen LogP contribution < -0.4 is 10.4 Å². The lowest BCUT2D eigenvalue weighted by Gasteiger charge is -2.34. The maximum atomic E-state index is 15.1. The number of anilines is 2. The average molecular weight is 436 g/mol. The van der Waals surface area contributed by atoms with Gasteiger partial charge in [-0.3, -0.25) is 20.1 Å². The Morgan fingerprint density at radius 2 is 1.93 bits per heavy atom. The number of benzene rings is 1. The molecule has 1 saturated heterocycles. The molecule has 0 atom stereocenters. The van der Waals surface area contributed by atoms with Crippen molar-refractivity contribution in [1.82, 2.24) is 14.2 Å². The van der Waals surface area contributed by atoms with Gasteiger partial charge in [0, 0.05) is 44.0 Å². The highest BCUT2D eigenvalue weighted by molar-refractivity contribution is 7.89. The van der Waals surface area contributed by atoms with Gasteiger partial charge >= 0.3 is 0 Å². The summed E-state index contributed by atoms with van der Waals surface area (Å²) in [4.78, 5) is 17.7. The van der Waals surface area contributed by atoms with Crippen molar-refractivity contribution in [2.45, 2.75) is 20.4 Å². The predicted molar refractivity (Wildman–Crippen MR) is 114 cm³/mol. The zero-order chi connectivity index (χ0) is 21.7. The normalized spacial score (nSPS) is 15.7. The lowest BCUT2D eigenvalue weighted by atomic mass is 10.1. The Balaban J connectivity index is 1.68. The summed E-state index contributed by atoms with van der Waals surface area (Å²) in [6.07, 6.45) is 2.09. The van der Waals surface area contributed by atoms with E-state index in [1.807, 2.05) is 11.8 Å². The number of rotatable bonds is 8. The Labute approximate surface area is 176 Å². The van der Waals surface area contributed by atoms with Crippen molar-refractivity contribution in [2.75, 3.05) is 42.4 Å². The van der Waals surface area contributed by atoms with Crippen molar-refractivity contribution >= 4 is 27.8 Å². The van der Waals surface area contributed by atoms with Gasteiger partial charge in [0.1, 0.15) is 0 Å². The van der Waals surface area contributed by atoms with Crippen molar-refractivity contribution in [3.63, 3.8) is 0 Å². The highest BCUT2D eigenvalue weighted by atomic mass is 32.2. The zero-order valence-corrected chi connectivity index (χ0v) is 17.9. The molecule has 3 rings (SSSR count). The summed E-state index contributed by atoms with van der Waals surface area (Å²) >= 11 is 0. The highest BCUT2D eigenvalue weighted by Crippen LogP contribution is 2.22. The number of hydrogen-bond acceptors (Lipinski definition) is 6. The number of nitrogens with zero attached hydrogens (tertiary/aromatic N) is 4. The Hall–Kier alpha value is -2.56. The minimum Gasteiger partial charge on any atom is -0.296 e. The molecule has 1 aliphatic heterocycles. The summed E-state index contributed by atoms with van der Waals surface area (Å²) in [5.41, 5.74) is 4.74. The molecule has 0 unspecified atom stereocenters. The second-order valence-corrected chi connectivity index (χ2v) is 9.36.